The quantitative estimate of drug-likeness (QED) is 0.601. The van der Waals surface area contributed by atoms with E-state index >= 15 is 0 Å². The highest BCUT2D eigenvalue weighted by Crippen LogP contribution is 2.31. The summed E-state index contributed by atoms with van der Waals surface area (Å²) in [4.78, 5) is 10.1. The van der Waals surface area contributed by atoms with E-state index in [0.717, 1.165) is 12.8 Å². The van der Waals surface area contributed by atoms with Crippen molar-refractivity contribution in [3.63, 3.8) is 0 Å². The van der Waals surface area contributed by atoms with Crippen LogP contribution in [0.4, 0.5) is 0 Å². The molecule has 0 atom stereocenters. The molecular weight excluding hydrogens is 140 g/mol. The molecule has 1 N–H and O–H groups in total. The van der Waals surface area contributed by atoms with Crippen molar-refractivity contribution in [3.8, 4) is 0 Å². The summed E-state index contributed by atoms with van der Waals surface area (Å²) in [7, 11) is 0. The summed E-state index contributed by atoms with van der Waals surface area (Å²) in [5.41, 5.74) is 0. The second-order valence-electron chi connectivity index (χ2n) is 2.16. The minimum atomic E-state index is -1.02. The molecule has 1 aliphatic rings. The number of carboxylic acids is 1. The Morgan fingerprint density at radius 1 is 1.67 bits per heavy atom. The largest absolute Gasteiger partial charge is 0.477 e. The SMILES string of the molecule is O=C(O)/C(Cl)=C/C1CC1. The van der Waals surface area contributed by atoms with Crippen LogP contribution < -0.4 is 0 Å². The molecule has 1 rings (SSSR count). The van der Waals surface area contributed by atoms with Gasteiger partial charge in [0, 0.05) is 0 Å². The summed E-state index contributed by atoms with van der Waals surface area (Å²) in [5.74, 6) is -0.586. The molecule has 3 heteroatoms. The first kappa shape index (κ1) is 6.62. The third-order valence-corrected chi connectivity index (χ3v) is 1.50. The fourth-order valence-electron chi connectivity index (χ4n) is 0.541. The Morgan fingerprint density at radius 2 is 2.22 bits per heavy atom. The van der Waals surface area contributed by atoms with Crippen LogP contribution in [0.3, 0.4) is 0 Å². The molecule has 50 valence electrons. The van der Waals surface area contributed by atoms with E-state index in [9.17, 15) is 4.79 Å². The third kappa shape index (κ3) is 2.06. The van der Waals surface area contributed by atoms with E-state index in [1.54, 1.807) is 6.08 Å². The maximum Gasteiger partial charge on any atom is 0.346 e. The molecule has 1 fully saturated rings. The Bertz CT molecular complexity index is 158. The molecule has 0 radical (unpaired) electrons. The average Bonchev–Trinajstić information content (AvgIpc) is 2.50. The van der Waals surface area contributed by atoms with Gasteiger partial charge >= 0.3 is 5.97 Å². The molecule has 0 heterocycles. The lowest BCUT2D eigenvalue weighted by atomic mass is 10.4. The van der Waals surface area contributed by atoms with E-state index in [1.165, 1.54) is 0 Å². The lowest BCUT2D eigenvalue weighted by Gasteiger charge is -1.85. The minimum Gasteiger partial charge on any atom is -0.477 e. The maximum absolute atomic E-state index is 10.1. The Labute approximate surface area is 58.1 Å². The third-order valence-electron chi connectivity index (χ3n) is 1.21. The second-order valence-corrected chi connectivity index (χ2v) is 2.56. The Kier molecular flexibility index (Phi) is 1.76. The number of halogens is 1. The number of allylic oxidation sites excluding steroid dienone is 1. The standard InChI is InChI=1S/C6H7ClO2/c7-5(6(8)9)3-4-1-2-4/h3-4H,1-2H2,(H,8,9)/b5-3-. The van der Waals surface area contributed by atoms with E-state index in [-0.39, 0.29) is 5.03 Å². The average molecular weight is 147 g/mol. The van der Waals surface area contributed by atoms with Crippen molar-refractivity contribution in [1.82, 2.24) is 0 Å². The fraction of sp³-hybridized carbons (Fsp3) is 0.500. The number of carboxylic acid groups (broad SMARTS) is 1. The summed E-state index contributed by atoms with van der Waals surface area (Å²) in [6, 6.07) is 0. The summed E-state index contributed by atoms with van der Waals surface area (Å²) in [5, 5.41) is 8.21. The molecule has 0 unspecified atom stereocenters. The van der Waals surface area contributed by atoms with E-state index < -0.39 is 5.97 Å². The van der Waals surface area contributed by atoms with Crippen LogP contribution in [0.5, 0.6) is 0 Å². The highest BCUT2D eigenvalue weighted by molar-refractivity contribution is 6.40. The van der Waals surface area contributed by atoms with Crippen LogP contribution in [0.2, 0.25) is 0 Å². The van der Waals surface area contributed by atoms with Crippen molar-refractivity contribution < 1.29 is 9.90 Å². The van der Waals surface area contributed by atoms with E-state index in [2.05, 4.69) is 0 Å². The topological polar surface area (TPSA) is 37.3 Å². The van der Waals surface area contributed by atoms with Gasteiger partial charge in [-0.05, 0) is 18.8 Å². The molecule has 1 aliphatic carbocycles. The van der Waals surface area contributed by atoms with Crippen molar-refractivity contribution in [2.75, 3.05) is 0 Å². The van der Waals surface area contributed by atoms with Crippen molar-refractivity contribution in [2.45, 2.75) is 12.8 Å². The minimum absolute atomic E-state index is 0.0440. The van der Waals surface area contributed by atoms with Gasteiger partial charge < -0.3 is 5.11 Å². The Morgan fingerprint density at radius 3 is 2.56 bits per heavy atom. The normalized spacial score (nSPS) is 19.9. The van der Waals surface area contributed by atoms with Gasteiger partial charge in [-0.15, -0.1) is 0 Å². The van der Waals surface area contributed by atoms with Crippen molar-refractivity contribution >= 4 is 17.6 Å². The number of carbonyl (C=O) groups is 1. The van der Waals surface area contributed by atoms with Gasteiger partial charge in [0.15, 0.2) is 0 Å². The molecule has 1 saturated carbocycles. The van der Waals surface area contributed by atoms with Crippen molar-refractivity contribution in [3.05, 3.63) is 11.1 Å². The summed E-state index contributed by atoms with van der Waals surface area (Å²) >= 11 is 5.31. The molecule has 0 spiro atoms. The van der Waals surface area contributed by atoms with Gasteiger partial charge in [0.05, 0.1) is 0 Å². The number of hydrogen-bond acceptors (Lipinski definition) is 1. The van der Waals surface area contributed by atoms with Gasteiger partial charge in [-0.25, -0.2) is 4.79 Å². The van der Waals surface area contributed by atoms with Gasteiger partial charge in [0.1, 0.15) is 5.03 Å². The molecule has 0 aromatic heterocycles. The van der Waals surface area contributed by atoms with Gasteiger partial charge in [-0.2, -0.15) is 0 Å². The zero-order chi connectivity index (χ0) is 6.85. The fourth-order valence-corrected chi connectivity index (χ4v) is 0.719. The lowest BCUT2D eigenvalue weighted by Crippen LogP contribution is -1.93. The van der Waals surface area contributed by atoms with E-state index in [0.29, 0.717) is 5.92 Å². The number of hydrogen-bond donors (Lipinski definition) is 1. The predicted molar refractivity (Wildman–Crippen MR) is 34.3 cm³/mol. The molecular formula is C6H7ClO2. The van der Waals surface area contributed by atoms with Crippen LogP contribution >= 0.6 is 11.6 Å². The van der Waals surface area contributed by atoms with Gasteiger partial charge in [0.25, 0.3) is 0 Å². The molecule has 0 amide bonds. The summed E-state index contributed by atoms with van der Waals surface area (Å²) in [6.45, 7) is 0. The number of aliphatic carboxylic acids is 1. The summed E-state index contributed by atoms with van der Waals surface area (Å²) in [6.07, 6.45) is 3.77. The monoisotopic (exact) mass is 146 g/mol. The molecule has 0 saturated heterocycles. The van der Waals surface area contributed by atoms with Gasteiger partial charge in [0.2, 0.25) is 0 Å². The van der Waals surface area contributed by atoms with Gasteiger partial charge in [-0.1, -0.05) is 17.7 Å². The second kappa shape index (κ2) is 2.40. The van der Waals surface area contributed by atoms with E-state index in [4.69, 9.17) is 16.7 Å². The van der Waals surface area contributed by atoms with Crippen molar-refractivity contribution in [2.24, 2.45) is 5.92 Å². The molecule has 0 aromatic rings. The molecule has 2 nitrogen and oxygen atoms in total. The number of rotatable bonds is 2. The van der Waals surface area contributed by atoms with Crippen LogP contribution in [0.15, 0.2) is 11.1 Å². The zero-order valence-corrected chi connectivity index (χ0v) is 5.56. The zero-order valence-electron chi connectivity index (χ0n) is 4.80. The van der Waals surface area contributed by atoms with Crippen LogP contribution in [0.25, 0.3) is 0 Å². The van der Waals surface area contributed by atoms with Crippen LogP contribution in [0, 0.1) is 5.92 Å². The van der Waals surface area contributed by atoms with Gasteiger partial charge in [-0.3, -0.25) is 0 Å². The predicted octanol–water partition coefficient (Wildman–Crippen LogP) is 1.60. The first-order chi connectivity index (χ1) is 4.20. The summed E-state index contributed by atoms with van der Waals surface area (Å²) < 4.78 is 0. The maximum atomic E-state index is 10.1. The molecule has 0 aromatic carbocycles. The smallest absolute Gasteiger partial charge is 0.346 e. The first-order valence-corrected chi connectivity index (χ1v) is 3.18. The van der Waals surface area contributed by atoms with Crippen LogP contribution in [-0.2, 0) is 4.79 Å². The van der Waals surface area contributed by atoms with Crippen LogP contribution in [-0.4, -0.2) is 11.1 Å². The Balaban J connectivity index is 2.46. The van der Waals surface area contributed by atoms with E-state index in [1.807, 2.05) is 0 Å². The Hall–Kier alpha value is -0.500. The molecule has 0 aliphatic heterocycles. The first-order valence-electron chi connectivity index (χ1n) is 2.81. The lowest BCUT2D eigenvalue weighted by molar-refractivity contribution is -0.131. The highest BCUT2D eigenvalue weighted by atomic mass is 35.5. The molecule has 9 heavy (non-hydrogen) atoms. The highest BCUT2D eigenvalue weighted by Gasteiger charge is 2.20. The molecule has 0 bridgehead atoms. The van der Waals surface area contributed by atoms with Crippen LogP contribution in [0.1, 0.15) is 12.8 Å². The van der Waals surface area contributed by atoms with Crippen molar-refractivity contribution in [1.29, 1.82) is 0 Å².